The minimum Gasteiger partial charge on any atom is -0.374 e. The number of rotatable bonds is 10. The summed E-state index contributed by atoms with van der Waals surface area (Å²) in [5.41, 5.74) is 5.05. The molecule has 0 heterocycles. The molecule has 0 saturated carbocycles. The molecule has 0 fully saturated rings. The normalized spacial score (nSPS) is 14.4. The van der Waals surface area contributed by atoms with Crippen molar-refractivity contribution >= 4 is 10.0 Å². The van der Waals surface area contributed by atoms with E-state index >= 15 is 0 Å². The molecule has 0 unspecified atom stereocenters. The lowest BCUT2D eigenvalue weighted by Crippen LogP contribution is -2.54. The Hall–Kier alpha value is -1.73. The zero-order valence-corrected chi connectivity index (χ0v) is 16.9. The Morgan fingerprint density at radius 2 is 1.59 bits per heavy atom. The second kappa shape index (κ2) is 9.46. The van der Waals surface area contributed by atoms with Gasteiger partial charge in [0, 0.05) is 19.4 Å². The van der Waals surface area contributed by atoms with E-state index in [1.165, 1.54) is 4.31 Å². The van der Waals surface area contributed by atoms with E-state index in [9.17, 15) is 13.5 Å². The molecule has 2 rings (SSSR count). The molecule has 0 aliphatic rings. The Balaban J connectivity index is 2.47. The molecule has 6 heteroatoms. The molecule has 0 spiro atoms. The SMILES string of the molecule is CC(C)CCN([C@](O)(CCN)Cc1ccccc1)S(=O)(=O)c1ccccc1. The molecule has 0 aliphatic heterocycles. The van der Waals surface area contributed by atoms with Gasteiger partial charge in [-0.25, -0.2) is 8.42 Å². The molecule has 0 saturated heterocycles. The van der Waals surface area contributed by atoms with Crippen molar-refractivity contribution in [3.05, 3.63) is 66.2 Å². The summed E-state index contributed by atoms with van der Waals surface area (Å²) in [4.78, 5) is 0.178. The van der Waals surface area contributed by atoms with Crippen molar-refractivity contribution in [3.63, 3.8) is 0 Å². The highest BCUT2D eigenvalue weighted by Gasteiger charge is 2.42. The van der Waals surface area contributed by atoms with Crippen LogP contribution in [0.15, 0.2) is 65.6 Å². The first-order valence-corrected chi connectivity index (χ1v) is 10.8. The fourth-order valence-corrected chi connectivity index (χ4v) is 4.81. The number of aliphatic hydroxyl groups is 1. The Morgan fingerprint density at radius 1 is 1.04 bits per heavy atom. The minimum absolute atomic E-state index is 0.159. The lowest BCUT2D eigenvalue weighted by Gasteiger charge is -2.39. The van der Waals surface area contributed by atoms with Crippen LogP contribution in [0.1, 0.15) is 32.3 Å². The third kappa shape index (κ3) is 5.62. The summed E-state index contributed by atoms with van der Waals surface area (Å²) in [5.74, 6) is 0.303. The van der Waals surface area contributed by atoms with Crippen LogP contribution in [-0.2, 0) is 16.4 Å². The van der Waals surface area contributed by atoms with Gasteiger partial charge in [0.25, 0.3) is 0 Å². The third-order valence-corrected chi connectivity index (χ3v) is 6.55. The maximum atomic E-state index is 13.4. The van der Waals surface area contributed by atoms with Crippen LogP contribution >= 0.6 is 0 Å². The van der Waals surface area contributed by atoms with E-state index in [1.807, 2.05) is 44.2 Å². The summed E-state index contributed by atoms with van der Waals surface area (Å²) < 4.78 is 28.0. The Labute approximate surface area is 162 Å². The summed E-state index contributed by atoms with van der Waals surface area (Å²) in [5, 5.41) is 11.5. The maximum Gasteiger partial charge on any atom is 0.245 e. The number of nitrogens with two attached hydrogens (primary N) is 1. The van der Waals surface area contributed by atoms with Gasteiger partial charge in [-0.2, -0.15) is 4.31 Å². The molecule has 148 valence electrons. The molecule has 2 aromatic rings. The average Bonchev–Trinajstić information content (AvgIpc) is 2.63. The van der Waals surface area contributed by atoms with E-state index in [0.29, 0.717) is 12.3 Å². The number of sulfonamides is 1. The summed E-state index contributed by atoms with van der Waals surface area (Å²) >= 11 is 0. The third-order valence-electron chi connectivity index (χ3n) is 4.58. The van der Waals surface area contributed by atoms with Crippen LogP contribution in [0.25, 0.3) is 0 Å². The zero-order chi connectivity index (χ0) is 19.9. The van der Waals surface area contributed by atoms with E-state index in [0.717, 1.165) is 5.56 Å². The van der Waals surface area contributed by atoms with Crippen molar-refractivity contribution in [2.45, 2.75) is 43.7 Å². The number of benzene rings is 2. The van der Waals surface area contributed by atoms with Crippen molar-refractivity contribution in [1.29, 1.82) is 0 Å². The summed E-state index contributed by atoms with van der Waals surface area (Å²) in [6.45, 7) is 4.49. The molecule has 0 radical (unpaired) electrons. The topological polar surface area (TPSA) is 83.6 Å². The quantitative estimate of drug-likeness (QED) is 0.611. The highest BCUT2D eigenvalue weighted by atomic mass is 32.2. The van der Waals surface area contributed by atoms with Gasteiger partial charge in [-0.15, -0.1) is 0 Å². The Kier molecular flexibility index (Phi) is 7.56. The molecule has 0 bridgehead atoms. The van der Waals surface area contributed by atoms with Gasteiger partial charge in [0.15, 0.2) is 0 Å². The monoisotopic (exact) mass is 390 g/mol. The van der Waals surface area contributed by atoms with Crippen LogP contribution in [-0.4, -0.2) is 36.6 Å². The fourth-order valence-electron chi connectivity index (χ4n) is 3.10. The van der Waals surface area contributed by atoms with Crippen molar-refractivity contribution in [3.8, 4) is 0 Å². The molecule has 27 heavy (non-hydrogen) atoms. The standard InChI is InChI=1S/C21H30N2O3S/c1-18(2)13-16-23(27(25,26)20-11-7-4-8-12-20)21(24,14-15-22)17-19-9-5-3-6-10-19/h3-12,18,24H,13-17,22H2,1-2H3/t21-/m0/s1. The van der Waals surface area contributed by atoms with Gasteiger partial charge in [-0.05, 0) is 36.6 Å². The van der Waals surface area contributed by atoms with E-state index < -0.39 is 15.7 Å². The average molecular weight is 391 g/mol. The fraction of sp³-hybridized carbons (Fsp3) is 0.429. The van der Waals surface area contributed by atoms with Gasteiger partial charge >= 0.3 is 0 Å². The Morgan fingerprint density at radius 3 is 2.11 bits per heavy atom. The molecule has 1 atom stereocenters. The van der Waals surface area contributed by atoms with Crippen molar-refractivity contribution < 1.29 is 13.5 Å². The minimum atomic E-state index is -3.87. The van der Waals surface area contributed by atoms with E-state index in [4.69, 9.17) is 5.73 Å². The molecule has 3 N–H and O–H groups in total. The summed E-state index contributed by atoms with van der Waals surface area (Å²) in [6, 6.07) is 17.7. The number of hydrogen-bond donors (Lipinski definition) is 2. The summed E-state index contributed by atoms with van der Waals surface area (Å²) in [7, 11) is -3.87. The smallest absolute Gasteiger partial charge is 0.245 e. The van der Waals surface area contributed by atoms with Crippen LogP contribution in [0, 0.1) is 5.92 Å². The largest absolute Gasteiger partial charge is 0.374 e. The van der Waals surface area contributed by atoms with Gasteiger partial charge in [0.05, 0.1) is 4.90 Å². The van der Waals surface area contributed by atoms with Gasteiger partial charge < -0.3 is 10.8 Å². The molecule has 0 aromatic heterocycles. The van der Waals surface area contributed by atoms with Crippen molar-refractivity contribution in [2.24, 2.45) is 11.7 Å². The number of hydrogen-bond acceptors (Lipinski definition) is 4. The second-order valence-electron chi connectivity index (χ2n) is 7.26. The van der Waals surface area contributed by atoms with Gasteiger partial charge in [0.2, 0.25) is 10.0 Å². The zero-order valence-electron chi connectivity index (χ0n) is 16.1. The first-order valence-electron chi connectivity index (χ1n) is 9.34. The van der Waals surface area contributed by atoms with E-state index in [1.54, 1.807) is 30.3 Å². The number of nitrogens with zero attached hydrogens (tertiary/aromatic N) is 1. The second-order valence-corrected chi connectivity index (χ2v) is 9.12. The predicted molar refractivity (Wildman–Crippen MR) is 109 cm³/mol. The Bertz CT molecular complexity index is 795. The van der Waals surface area contributed by atoms with Crippen molar-refractivity contribution in [2.75, 3.05) is 13.1 Å². The molecule has 2 aromatic carbocycles. The first kappa shape index (κ1) is 21.6. The highest BCUT2D eigenvalue weighted by Crippen LogP contribution is 2.30. The predicted octanol–water partition coefficient (Wildman–Crippen LogP) is 3.00. The van der Waals surface area contributed by atoms with Crippen LogP contribution in [0.2, 0.25) is 0 Å². The lowest BCUT2D eigenvalue weighted by atomic mass is 9.98. The summed E-state index contributed by atoms with van der Waals surface area (Å²) in [6.07, 6.45) is 0.995. The van der Waals surface area contributed by atoms with Gasteiger partial charge in [0.1, 0.15) is 5.72 Å². The van der Waals surface area contributed by atoms with Gasteiger partial charge in [-0.3, -0.25) is 0 Å². The molecular weight excluding hydrogens is 360 g/mol. The molecular formula is C21H30N2O3S. The molecule has 0 aliphatic carbocycles. The van der Waals surface area contributed by atoms with Crippen LogP contribution in [0.4, 0.5) is 0 Å². The van der Waals surface area contributed by atoms with E-state index in [2.05, 4.69) is 0 Å². The maximum absolute atomic E-state index is 13.4. The van der Waals surface area contributed by atoms with Crippen molar-refractivity contribution in [1.82, 2.24) is 4.31 Å². The van der Waals surface area contributed by atoms with Crippen LogP contribution < -0.4 is 5.73 Å². The molecule has 0 amide bonds. The highest BCUT2D eigenvalue weighted by molar-refractivity contribution is 7.89. The van der Waals surface area contributed by atoms with Gasteiger partial charge in [-0.1, -0.05) is 62.4 Å². The van der Waals surface area contributed by atoms with Crippen LogP contribution in [0.3, 0.4) is 0 Å². The van der Waals surface area contributed by atoms with Crippen LogP contribution in [0.5, 0.6) is 0 Å². The molecule has 5 nitrogen and oxygen atoms in total. The lowest BCUT2D eigenvalue weighted by molar-refractivity contribution is -0.0664. The van der Waals surface area contributed by atoms with E-state index in [-0.39, 0.29) is 30.8 Å². The first-order chi connectivity index (χ1) is 12.8.